The molecule has 4 aromatic carbocycles. The van der Waals surface area contributed by atoms with Gasteiger partial charge in [0.1, 0.15) is 5.82 Å². The highest BCUT2D eigenvalue weighted by atomic mass is 32.2. The summed E-state index contributed by atoms with van der Waals surface area (Å²) in [6, 6.07) is 30.3. The van der Waals surface area contributed by atoms with Gasteiger partial charge in [-0.15, -0.1) is 0 Å². The van der Waals surface area contributed by atoms with Gasteiger partial charge in [0, 0.05) is 11.3 Å². The number of aromatic nitrogens is 2. The van der Waals surface area contributed by atoms with Gasteiger partial charge in [-0.3, -0.25) is 14.2 Å². The van der Waals surface area contributed by atoms with E-state index in [4.69, 9.17) is 0 Å². The van der Waals surface area contributed by atoms with Crippen molar-refractivity contribution in [2.24, 2.45) is 0 Å². The molecule has 0 aliphatic rings. The van der Waals surface area contributed by atoms with Crippen LogP contribution in [-0.4, -0.2) is 20.7 Å². The molecule has 36 heavy (non-hydrogen) atoms. The number of benzene rings is 4. The van der Waals surface area contributed by atoms with Crippen LogP contribution in [0.1, 0.15) is 6.92 Å². The number of hydrogen-bond acceptors (Lipinski definition) is 4. The summed E-state index contributed by atoms with van der Waals surface area (Å²) in [4.78, 5) is 31.3. The predicted molar refractivity (Wildman–Crippen MR) is 143 cm³/mol. The van der Waals surface area contributed by atoms with Gasteiger partial charge in [-0.05, 0) is 42.8 Å². The lowest BCUT2D eigenvalue weighted by Gasteiger charge is -2.18. The van der Waals surface area contributed by atoms with Gasteiger partial charge in [-0.2, -0.15) is 0 Å². The number of halogens is 1. The molecular weight excluding hydrogens is 473 g/mol. The Labute approximate surface area is 211 Å². The Hall–Kier alpha value is -4.23. The summed E-state index contributed by atoms with van der Waals surface area (Å²) in [6.45, 7) is 1.73. The van der Waals surface area contributed by atoms with Crippen LogP contribution < -0.4 is 10.9 Å². The van der Waals surface area contributed by atoms with Crippen LogP contribution in [0.3, 0.4) is 0 Å². The molecular formula is C29H22FN3O2S. The molecule has 1 aromatic heterocycles. The number of anilines is 1. The van der Waals surface area contributed by atoms with Gasteiger partial charge in [0.2, 0.25) is 5.91 Å². The van der Waals surface area contributed by atoms with Crippen LogP contribution in [0, 0.1) is 5.82 Å². The maximum absolute atomic E-state index is 14.7. The number of fused-ring (bicyclic) bond motifs is 1. The highest BCUT2D eigenvalue weighted by molar-refractivity contribution is 8.00. The maximum Gasteiger partial charge on any atom is 0.266 e. The average molecular weight is 496 g/mol. The fourth-order valence-electron chi connectivity index (χ4n) is 3.94. The minimum absolute atomic E-state index is 0.0882. The third-order valence-electron chi connectivity index (χ3n) is 5.76. The lowest BCUT2D eigenvalue weighted by molar-refractivity contribution is -0.115. The van der Waals surface area contributed by atoms with Crippen molar-refractivity contribution < 1.29 is 9.18 Å². The van der Waals surface area contributed by atoms with Gasteiger partial charge < -0.3 is 5.32 Å². The van der Waals surface area contributed by atoms with Crippen LogP contribution in [0.2, 0.25) is 0 Å². The summed E-state index contributed by atoms with van der Waals surface area (Å²) in [7, 11) is 0. The number of nitrogens with one attached hydrogen (secondary N) is 1. The molecule has 1 unspecified atom stereocenters. The first-order chi connectivity index (χ1) is 17.5. The van der Waals surface area contributed by atoms with Crippen LogP contribution in [0.15, 0.2) is 113 Å². The largest absolute Gasteiger partial charge is 0.325 e. The highest BCUT2D eigenvalue weighted by Crippen LogP contribution is 2.30. The van der Waals surface area contributed by atoms with Crippen LogP contribution in [0.25, 0.3) is 27.7 Å². The van der Waals surface area contributed by atoms with E-state index in [1.807, 2.05) is 54.6 Å². The summed E-state index contributed by atoms with van der Waals surface area (Å²) in [5.41, 5.74) is 2.74. The zero-order valence-corrected chi connectivity index (χ0v) is 20.2. The molecule has 1 heterocycles. The van der Waals surface area contributed by atoms with Crippen molar-refractivity contribution in [1.29, 1.82) is 0 Å². The molecule has 0 aliphatic heterocycles. The van der Waals surface area contributed by atoms with Crippen molar-refractivity contribution in [1.82, 2.24) is 9.55 Å². The smallest absolute Gasteiger partial charge is 0.266 e. The molecule has 0 spiro atoms. The van der Waals surface area contributed by atoms with E-state index in [1.54, 1.807) is 43.3 Å². The molecule has 1 atom stereocenters. The predicted octanol–water partition coefficient (Wildman–Crippen LogP) is 6.31. The van der Waals surface area contributed by atoms with Gasteiger partial charge in [0.25, 0.3) is 5.56 Å². The Morgan fingerprint density at radius 3 is 2.36 bits per heavy atom. The fraction of sp³-hybridized carbons (Fsp3) is 0.0690. The molecule has 5 nitrogen and oxygen atoms in total. The van der Waals surface area contributed by atoms with Gasteiger partial charge >= 0.3 is 0 Å². The van der Waals surface area contributed by atoms with Crippen molar-refractivity contribution >= 4 is 34.3 Å². The van der Waals surface area contributed by atoms with Gasteiger partial charge in [-0.1, -0.05) is 84.6 Å². The second-order valence-electron chi connectivity index (χ2n) is 8.16. The van der Waals surface area contributed by atoms with E-state index in [9.17, 15) is 14.0 Å². The Bertz CT molecular complexity index is 1620. The third kappa shape index (κ3) is 4.65. The van der Waals surface area contributed by atoms with Crippen LogP contribution >= 0.6 is 11.8 Å². The molecule has 5 aromatic rings. The molecule has 0 saturated carbocycles. The minimum atomic E-state index is -0.625. The average Bonchev–Trinajstić information content (AvgIpc) is 2.90. The zero-order chi connectivity index (χ0) is 25.1. The molecule has 0 fully saturated rings. The minimum Gasteiger partial charge on any atom is -0.325 e. The van der Waals surface area contributed by atoms with Crippen molar-refractivity contribution in [3.8, 4) is 16.8 Å². The number of rotatable bonds is 6. The molecule has 1 N–H and O–H groups in total. The number of thioether (sulfide) groups is 1. The van der Waals surface area contributed by atoms with Crippen LogP contribution in [0.5, 0.6) is 0 Å². The normalized spacial score (nSPS) is 11.8. The van der Waals surface area contributed by atoms with Crippen LogP contribution in [-0.2, 0) is 4.79 Å². The highest BCUT2D eigenvalue weighted by Gasteiger charge is 2.22. The lowest BCUT2D eigenvalue weighted by Crippen LogP contribution is -2.26. The van der Waals surface area contributed by atoms with Gasteiger partial charge in [-0.25, -0.2) is 9.37 Å². The second kappa shape index (κ2) is 10.2. The van der Waals surface area contributed by atoms with E-state index >= 15 is 0 Å². The summed E-state index contributed by atoms with van der Waals surface area (Å²) in [5.74, 6) is -0.807. The Balaban J connectivity index is 1.50. The van der Waals surface area contributed by atoms with E-state index in [-0.39, 0.29) is 16.8 Å². The Morgan fingerprint density at radius 1 is 0.889 bits per heavy atom. The first-order valence-corrected chi connectivity index (χ1v) is 12.3. The van der Waals surface area contributed by atoms with Gasteiger partial charge in [0.05, 0.1) is 21.8 Å². The van der Waals surface area contributed by atoms with Crippen molar-refractivity contribution in [2.45, 2.75) is 17.3 Å². The molecule has 1 amide bonds. The van der Waals surface area contributed by atoms with Crippen LogP contribution in [0.4, 0.5) is 10.1 Å². The number of hydrogen-bond donors (Lipinski definition) is 1. The SMILES string of the molecule is CC(Sc1nc2ccccc2c(=O)n1-c1ccccc1F)C(=O)Nc1ccccc1-c1ccccc1. The van der Waals surface area contributed by atoms with E-state index in [2.05, 4.69) is 10.3 Å². The summed E-state index contributed by atoms with van der Waals surface area (Å²) in [5, 5.41) is 2.99. The molecule has 0 saturated heterocycles. The second-order valence-corrected chi connectivity index (χ2v) is 9.47. The molecule has 0 bridgehead atoms. The van der Waals surface area contributed by atoms with E-state index < -0.39 is 16.6 Å². The van der Waals surface area contributed by atoms with Gasteiger partial charge in [0.15, 0.2) is 5.16 Å². The fourth-order valence-corrected chi connectivity index (χ4v) is 4.86. The lowest BCUT2D eigenvalue weighted by atomic mass is 10.0. The third-order valence-corrected chi connectivity index (χ3v) is 6.81. The van der Waals surface area contributed by atoms with E-state index in [0.717, 1.165) is 22.9 Å². The number of para-hydroxylation sites is 3. The summed E-state index contributed by atoms with van der Waals surface area (Å²) < 4.78 is 16.0. The summed E-state index contributed by atoms with van der Waals surface area (Å²) in [6.07, 6.45) is 0. The first kappa shape index (κ1) is 23.5. The summed E-state index contributed by atoms with van der Waals surface area (Å²) >= 11 is 1.10. The number of nitrogens with zero attached hydrogens (tertiary/aromatic N) is 2. The van der Waals surface area contributed by atoms with E-state index in [0.29, 0.717) is 16.6 Å². The number of amides is 1. The molecule has 178 valence electrons. The van der Waals surface area contributed by atoms with E-state index in [1.165, 1.54) is 16.7 Å². The first-order valence-electron chi connectivity index (χ1n) is 11.4. The topological polar surface area (TPSA) is 64.0 Å². The monoisotopic (exact) mass is 495 g/mol. The maximum atomic E-state index is 14.7. The quantitative estimate of drug-likeness (QED) is 0.221. The molecule has 0 radical (unpaired) electrons. The zero-order valence-electron chi connectivity index (χ0n) is 19.4. The molecule has 5 rings (SSSR count). The number of carbonyl (C=O) groups excluding carboxylic acids is 1. The van der Waals surface area contributed by atoms with Crippen molar-refractivity contribution in [3.05, 3.63) is 119 Å². The van der Waals surface area contributed by atoms with Crippen molar-refractivity contribution in [3.63, 3.8) is 0 Å². The Morgan fingerprint density at radius 2 is 1.56 bits per heavy atom. The standard InChI is InChI=1S/C29H22FN3O2S/c1-19(27(34)31-24-16-8-5-13-21(24)20-11-3-2-4-12-20)36-29-32-25-17-9-6-14-22(25)28(35)33(29)26-18-10-7-15-23(26)30/h2-19H,1H3,(H,31,34). The van der Waals surface area contributed by atoms with Crippen molar-refractivity contribution in [2.75, 3.05) is 5.32 Å². The number of carbonyl (C=O) groups is 1. The Kier molecular flexibility index (Phi) is 6.64. The molecule has 0 aliphatic carbocycles. The molecule has 7 heteroatoms.